The molecule has 0 aliphatic carbocycles. The number of nitrogen functional groups attached to an aromatic ring is 1. The van der Waals surface area contributed by atoms with Gasteiger partial charge < -0.3 is 10.3 Å². The largest absolute Gasteiger partial charge is 0.382 e. The summed E-state index contributed by atoms with van der Waals surface area (Å²) in [6, 6.07) is 3.86. The molecule has 2 aromatic heterocycles. The molecule has 3 heterocycles. The molecule has 1 aliphatic rings. The van der Waals surface area contributed by atoms with Crippen LogP contribution in [0.3, 0.4) is 0 Å². The first-order valence-electron chi connectivity index (χ1n) is 6.24. The van der Waals surface area contributed by atoms with Crippen LogP contribution >= 0.6 is 0 Å². The SMILES string of the molecule is N=C(N)c1ncccc1CN1CCn2ccnc2C1. The first-order chi connectivity index (χ1) is 9.24. The minimum Gasteiger partial charge on any atom is -0.382 e. The Balaban J connectivity index is 1.78. The van der Waals surface area contributed by atoms with Crippen LogP contribution in [0.1, 0.15) is 17.1 Å². The van der Waals surface area contributed by atoms with Crippen molar-refractivity contribution in [3.05, 3.63) is 47.8 Å². The molecule has 6 heteroatoms. The van der Waals surface area contributed by atoms with E-state index < -0.39 is 0 Å². The van der Waals surface area contributed by atoms with E-state index in [4.69, 9.17) is 11.1 Å². The molecule has 0 unspecified atom stereocenters. The lowest BCUT2D eigenvalue weighted by atomic mass is 10.1. The number of imidazole rings is 1. The smallest absolute Gasteiger partial charge is 0.142 e. The molecule has 0 spiro atoms. The fourth-order valence-electron chi connectivity index (χ4n) is 2.41. The van der Waals surface area contributed by atoms with Gasteiger partial charge in [0, 0.05) is 38.2 Å². The minimum absolute atomic E-state index is 0.0223. The van der Waals surface area contributed by atoms with Crippen LogP contribution < -0.4 is 5.73 Å². The van der Waals surface area contributed by atoms with Gasteiger partial charge in [0.1, 0.15) is 17.4 Å². The molecule has 0 aromatic carbocycles. The van der Waals surface area contributed by atoms with Gasteiger partial charge in [-0.05, 0) is 11.6 Å². The topological polar surface area (TPSA) is 83.8 Å². The van der Waals surface area contributed by atoms with Crippen molar-refractivity contribution >= 4 is 5.84 Å². The molecule has 0 fully saturated rings. The Hall–Kier alpha value is -2.21. The Morgan fingerprint density at radius 3 is 3.05 bits per heavy atom. The van der Waals surface area contributed by atoms with Gasteiger partial charge in [0.25, 0.3) is 0 Å². The van der Waals surface area contributed by atoms with Crippen molar-refractivity contribution in [1.29, 1.82) is 5.41 Å². The van der Waals surface area contributed by atoms with Crippen molar-refractivity contribution in [1.82, 2.24) is 19.4 Å². The zero-order valence-electron chi connectivity index (χ0n) is 10.6. The summed E-state index contributed by atoms with van der Waals surface area (Å²) in [4.78, 5) is 10.8. The molecule has 6 nitrogen and oxygen atoms in total. The Bertz CT molecular complexity index is 603. The first-order valence-corrected chi connectivity index (χ1v) is 6.24. The Morgan fingerprint density at radius 1 is 1.32 bits per heavy atom. The summed E-state index contributed by atoms with van der Waals surface area (Å²) in [5.41, 5.74) is 7.14. The van der Waals surface area contributed by atoms with E-state index in [-0.39, 0.29) is 5.84 Å². The molecular formula is C13H16N6. The highest BCUT2D eigenvalue weighted by Gasteiger charge is 2.18. The van der Waals surface area contributed by atoms with E-state index in [1.54, 1.807) is 6.20 Å². The standard InChI is InChI=1S/C13H16N6/c14-13(15)12-10(2-1-3-17-12)8-18-6-7-19-5-4-16-11(19)9-18/h1-5H,6-9H2,(H3,14,15). The van der Waals surface area contributed by atoms with Crippen LogP contribution in [0.25, 0.3) is 0 Å². The van der Waals surface area contributed by atoms with Crippen molar-refractivity contribution in [2.24, 2.45) is 5.73 Å². The highest BCUT2D eigenvalue weighted by atomic mass is 15.2. The molecule has 3 rings (SSSR count). The lowest BCUT2D eigenvalue weighted by Gasteiger charge is -2.27. The monoisotopic (exact) mass is 256 g/mol. The third kappa shape index (κ3) is 2.34. The lowest BCUT2D eigenvalue weighted by Crippen LogP contribution is -2.34. The number of amidine groups is 1. The molecule has 3 N–H and O–H groups in total. The van der Waals surface area contributed by atoms with Crippen LogP contribution in [0.4, 0.5) is 0 Å². The van der Waals surface area contributed by atoms with Crippen LogP contribution in [0.5, 0.6) is 0 Å². The van der Waals surface area contributed by atoms with Crippen LogP contribution in [0.2, 0.25) is 0 Å². The Kier molecular flexibility index (Phi) is 3.00. The number of fused-ring (bicyclic) bond motifs is 1. The molecule has 0 saturated heterocycles. The molecule has 0 saturated carbocycles. The van der Waals surface area contributed by atoms with E-state index in [0.717, 1.165) is 37.6 Å². The van der Waals surface area contributed by atoms with E-state index in [0.29, 0.717) is 5.69 Å². The van der Waals surface area contributed by atoms with Crippen LogP contribution in [0, 0.1) is 5.41 Å². The average molecular weight is 256 g/mol. The van der Waals surface area contributed by atoms with Crippen molar-refractivity contribution in [3.8, 4) is 0 Å². The maximum Gasteiger partial charge on any atom is 0.142 e. The number of nitrogens with two attached hydrogens (primary N) is 1. The van der Waals surface area contributed by atoms with E-state index in [9.17, 15) is 0 Å². The van der Waals surface area contributed by atoms with Gasteiger partial charge in [0.05, 0.1) is 6.54 Å². The first kappa shape index (κ1) is 11.9. The minimum atomic E-state index is 0.0223. The Labute approximate surface area is 111 Å². The van der Waals surface area contributed by atoms with Crippen molar-refractivity contribution in [2.45, 2.75) is 19.6 Å². The summed E-state index contributed by atoms with van der Waals surface area (Å²) in [5.74, 6) is 1.11. The summed E-state index contributed by atoms with van der Waals surface area (Å²) in [7, 11) is 0. The maximum absolute atomic E-state index is 7.57. The normalized spacial score (nSPS) is 15.2. The van der Waals surface area contributed by atoms with E-state index >= 15 is 0 Å². The van der Waals surface area contributed by atoms with Gasteiger partial charge in [-0.1, -0.05) is 6.07 Å². The molecule has 2 aromatic rings. The quantitative estimate of drug-likeness (QED) is 0.621. The summed E-state index contributed by atoms with van der Waals surface area (Å²) in [6.45, 7) is 3.48. The molecule has 0 atom stereocenters. The highest BCUT2D eigenvalue weighted by Crippen LogP contribution is 2.15. The van der Waals surface area contributed by atoms with Gasteiger partial charge >= 0.3 is 0 Å². The number of nitrogens with one attached hydrogen (secondary N) is 1. The van der Waals surface area contributed by atoms with Gasteiger partial charge in [0.2, 0.25) is 0 Å². The number of nitrogens with zero attached hydrogens (tertiary/aromatic N) is 4. The van der Waals surface area contributed by atoms with Crippen molar-refractivity contribution in [2.75, 3.05) is 6.54 Å². The average Bonchev–Trinajstić information content (AvgIpc) is 2.86. The molecule has 98 valence electrons. The van der Waals surface area contributed by atoms with E-state index in [2.05, 4.69) is 19.4 Å². The molecule has 0 radical (unpaired) electrons. The molecule has 0 bridgehead atoms. The van der Waals surface area contributed by atoms with Gasteiger partial charge in [-0.25, -0.2) is 4.98 Å². The molecule has 19 heavy (non-hydrogen) atoms. The van der Waals surface area contributed by atoms with E-state index in [1.165, 1.54) is 0 Å². The fraction of sp³-hybridized carbons (Fsp3) is 0.308. The fourth-order valence-corrected chi connectivity index (χ4v) is 2.41. The van der Waals surface area contributed by atoms with Crippen LogP contribution in [0.15, 0.2) is 30.7 Å². The summed E-state index contributed by atoms with van der Waals surface area (Å²) in [5, 5.41) is 7.57. The Morgan fingerprint density at radius 2 is 2.21 bits per heavy atom. The second-order valence-electron chi connectivity index (χ2n) is 4.67. The number of pyridine rings is 1. The van der Waals surface area contributed by atoms with E-state index in [1.807, 2.05) is 24.5 Å². The van der Waals surface area contributed by atoms with Crippen LogP contribution in [-0.2, 0) is 19.6 Å². The second kappa shape index (κ2) is 4.81. The predicted octanol–water partition coefficient (Wildman–Crippen LogP) is 0.578. The van der Waals surface area contributed by atoms with Gasteiger partial charge in [0.15, 0.2) is 0 Å². The summed E-state index contributed by atoms with van der Waals surface area (Å²) < 4.78 is 2.17. The number of hydrogen-bond donors (Lipinski definition) is 2. The number of aromatic nitrogens is 3. The zero-order valence-corrected chi connectivity index (χ0v) is 10.6. The predicted molar refractivity (Wildman–Crippen MR) is 71.6 cm³/mol. The second-order valence-corrected chi connectivity index (χ2v) is 4.67. The number of hydrogen-bond acceptors (Lipinski definition) is 4. The van der Waals surface area contributed by atoms with Crippen LogP contribution in [-0.4, -0.2) is 31.8 Å². The molecular weight excluding hydrogens is 240 g/mol. The summed E-state index contributed by atoms with van der Waals surface area (Å²) >= 11 is 0. The third-order valence-corrected chi connectivity index (χ3v) is 3.36. The lowest BCUT2D eigenvalue weighted by molar-refractivity contribution is 0.208. The van der Waals surface area contributed by atoms with Gasteiger partial charge in [-0.2, -0.15) is 0 Å². The van der Waals surface area contributed by atoms with Gasteiger partial charge in [-0.3, -0.25) is 15.3 Å². The van der Waals surface area contributed by atoms with Crippen molar-refractivity contribution in [3.63, 3.8) is 0 Å². The number of rotatable bonds is 3. The van der Waals surface area contributed by atoms with Crippen molar-refractivity contribution < 1.29 is 0 Å². The third-order valence-electron chi connectivity index (χ3n) is 3.36. The maximum atomic E-state index is 7.57. The van der Waals surface area contributed by atoms with Gasteiger partial charge in [-0.15, -0.1) is 0 Å². The zero-order chi connectivity index (χ0) is 13.2. The highest BCUT2D eigenvalue weighted by molar-refractivity contribution is 5.94. The molecule has 1 aliphatic heterocycles. The molecule has 0 amide bonds. The summed E-state index contributed by atoms with van der Waals surface area (Å²) in [6.07, 6.45) is 5.52.